The number of nitrogens with one attached hydrogen (secondary N) is 1. The summed E-state index contributed by atoms with van der Waals surface area (Å²) >= 11 is 1.53. The van der Waals surface area contributed by atoms with E-state index in [1.165, 1.54) is 45.2 Å². The standard InChI is InChI=1S/C24H23NO6S/c1-28-19-14-21(30-3)20(29-2)13-17(19)24(27)31-15-23(26)25-18-11-7-8-12-22(18)32-16-9-5-4-6-10-16/h4-14H,15H2,1-3H3,(H,25,26). The van der Waals surface area contributed by atoms with Crippen molar-refractivity contribution in [2.24, 2.45) is 0 Å². The highest BCUT2D eigenvalue weighted by Gasteiger charge is 2.20. The lowest BCUT2D eigenvalue weighted by Crippen LogP contribution is -2.21. The molecule has 166 valence electrons. The smallest absolute Gasteiger partial charge is 0.342 e. The Kier molecular flexibility index (Phi) is 7.99. The van der Waals surface area contributed by atoms with E-state index >= 15 is 0 Å². The van der Waals surface area contributed by atoms with E-state index in [9.17, 15) is 9.59 Å². The quantitative estimate of drug-likeness (QED) is 0.472. The van der Waals surface area contributed by atoms with Crippen LogP contribution in [0.3, 0.4) is 0 Å². The number of hydrogen-bond acceptors (Lipinski definition) is 7. The average Bonchev–Trinajstić information content (AvgIpc) is 2.83. The van der Waals surface area contributed by atoms with Crippen LogP contribution in [0.15, 0.2) is 76.5 Å². The third-order valence-corrected chi connectivity index (χ3v) is 5.48. The van der Waals surface area contributed by atoms with Crippen LogP contribution in [0, 0.1) is 0 Å². The van der Waals surface area contributed by atoms with Crippen LogP contribution in [0.4, 0.5) is 5.69 Å². The minimum atomic E-state index is -0.718. The van der Waals surface area contributed by atoms with Crippen LogP contribution in [0.2, 0.25) is 0 Å². The Morgan fingerprint density at radius 3 is 2.12 bits per heavy atom. The van der Waals surface area contributed by atoms with Crippen molar-refractivity contribution < 1.29 is 28.5 Å². The zero-order valence-corrected chi connectivity index (χ0v) is 18.7. The van der Waals surface area contributed by atoms with Crippen LogP contribution in [-0.4, -0.2) is 39.8 Å². The molecule has 3 rings (SSSR count). The lowest BCUT2D eigenvalue weighted by atomic mass is 10.1. The van der Waals surface area contributed by atoms with Gasteiger partial charge in [-0.05, 0) is 24.3 Å². The van der Waals surface area contributed by atoms with Crippen molar-refractivity contribution in [3.05, 3.63) is 72.3 Å². The molecule has 1 amide bonds. The molecule has 3 aromatic carbocycles. The molecule has 1 N–H and O–H groups in total. The first kappa shape index (κ1) is 23.0. The van der Waals surface area contributed by atoms with E-state index in [4.69, 9.17) is 18.9 Å². The molecular formula is C24H23NO6S. The Morgan fingerprint density at radius 1 is 0.812 bits per heavy atom. The molecule has 0 atom stereocenters. The van der Waals surface area contributed by atoms with Gasteiger partial charge in [0.15, 0.2) is 18.1 Å². The predicted molar refractivity (Wildman–Crippen MR) is 122 cm³/mol. The van der Waals surface area contributed by atoms with Crippen LogP contribution in [0.25, 0.3) is 0 Å². The lowest BCUT2D eigenvalue weighted by molar-refractivity contribution is -0.119. The molecule has 0 aliphatic rings. The van der Waals surface area contributed by atoms with Crippen molar-refractivity contribution in [3.63, 3.8) is 0 Å². The number of benzene rings is 3. The molecule has 32 heavy (non-hydrogen) atoms. The van der Waals surface area contributed by atoms with Gasteiger partial charge in [0, 0.05) is 21.9 Å². The summed E-state index contributed by atoms with van der Waals surface area (Å²) in [4.78, 5) is 26.9. The van der Waals surface area contributed by atoms with Crippen LogP contribution in [0.1, 0.15) is 10.4 Å². The maximum absolute atomic E-state index is 12.6. The fourth-order valence-corrected chi connectivity index (χ4v) is 3.78. The third kappa shape index (κ3) is 5.73. The topological polar surface area (TPSA) is 83.1 Å². The van der Waals surface area contributed by atoms with Gasteiger partial charge in [0.1, 0.15) is 11.3 Å². The fourth-order valence-electron chi connectivity index (χ4n) is 2.86. The molecule has 0 spiro atoms. The Balaban J connectivity index is 1.66. The van der Waals surface area contributed by atoms with Crippen LogP contribution in [0.5, 0.6) is 17.2 Å². The SMILES string of the molecule is COc1cc(OC)c(C(=O)OCC(=O)Nc2ccccc2Sc2ccccc2)cc1OC. The zero-order valence-electron chi connectivity index (χ0n) is 17.9. The van der Waals surface area contributed by atoms with Crippen LogP contribution >= 0.6 is 11.8 Å². The lowest BCUT2D eigenvalue weighted by Gasteiger charge is -2.14. The number of esters is 1. The molecule has 8 heteroatoms. The minimum absolute atomic E-state index is 0.123. The number of anilines is 1. The number of carbonyl (C=O) groups is 2. The van der Waals surface area contributed by atoms with Gasteiger partial charge in [-0.3, -0.25) is 4.79 Å². The summed E-state index contributed by atoms with van der Waals surface area (Å²) in [5.74, 6) is -0.177. The summed E-state index contributed by atoms with van der Waals surface area (Å²) < 4.78 is 20.9. The van der Waals surface area contributed by atoms with E-state index in [2.05, 4.69) is 5.32 Å². The summed E-state index contributed by atoms with van der Waals surface area (Å²) in [6.07, 6.45) is 0. The average molecular weight is 454 g/mol. The first-order valence-electron chi connectivity index (χ1n) is 9.64. The first-order chi connectivity index (χ1) is 15.5. The van der Waals surface area contributed by atoms with E-state index in [1.54, 1.807) is 6.07 Å². The Bertz CT molecular complexity index is 1090. The predicted octanol–water partition coefficient (Wildman–Crippen LogP) is 4.66. The van der Waals surface area contributed by atoms with Gasteiger partial charge in [-0.1, -0.05) is 42.1 Å². The monoisotopic (exact) mass is 453 g/mol. The van der Waals surface area contributed by atoms with Gasteiger partial charge >= 0.3 is 5.97 Å². The number of amides is 1. The van der Waals surface area contributed by atoms with Gasteiger partial charge in [0.05, 0.1) is 27.0 Å². The van der Waals surface area contributed by atoms with Crippen molar-refractivity contribution >= 4 is 29.3 Å². The van der Waals surface area contributed by atoms with Crippen LogP contribution < -0.4 is 19.5 Å². The highest BCUT2D eigenvalue weighted by Crippen LogP contribution is 2.35. The number of carbonyl (C=O) groups excluding carboxylic acids is 2. The molecule has 0 aliphatic heterocycles. The number of hydrogen-bond donors (Lipinski definition) is 1. The molecule has 0 aliphatic carbocycles. The molecule has 3 aromatic rings. The highest BCUT2D eigenvalue weighted by molar-refractivity contribution is 7.99. The largest absolute Gasteiger partial charge is 0.496 e. The molecule has 0 heterocycles. The first-order valence-corrected chi connectivity index (χ1v) is 10.5. The van der Waals surface area contributed by atoms with Crippen LogP contribution in [-0.2, 0) is 9.53 Å². The van der Waals surface area contributed by atoms with Crippen molar-refractivity contribution in [2.75, 3.05) is 33.3 Å². The Labute approximate surface area is 190 Å². The van der Waals surface area contributed by atoms with E-state index in [0.717, 1.165) is 9.79 Å². The Hall–Kier alpha value is -3.65. The second-order valence-corrected chi connectivity index (χ2v) is 7.56. The highest BCUT2D eigenvalue weighted by atomic mass is 32.2. The maximum atomic E-state index is 12.6. The van der Waals surface area contributed by atoms with E-state index in [1.807, 2.05) is 48.5 Å². The van der Waals surface area contributed by atoms with E-state index in [0.29, 0.717) is 17.2 Å². The number of ether oxygens (including phenoxy) is 4. The number of methoxy groups -OCH3 is 3. The second kappa shape index (κ2) is 11.1. The second-order valence-electron chi connectivity index (χ2n) is 6.44. The molecule has 0 aromatic heterocycles. The number of para-hydroxylation sites is 1. The molecule has 0 saturated carbocycles. The van der Waals surface area contributed by atoms with Crippen molar-refractivity contribution in [2.45, 2.75) is 9.79 Å². The molecule has 7 nitrogen and oxygen atoms in total. The van der Waals surface area contributed by atoms with Crippen molar-refractivity contribution in [1.82, 2.24) is 0 Å². The van der Waals surface area contributed by atoms with Gasteiger partial charge in [0.2, 0.25) is 0 Å². The summed E-state index contributed by atoms with van der Waals surface area (Å²) in [5.41, 5.74) is 0.754. The van der Waals surface area contributed by atoms with Gasteiger partial charge in [-0.25, -0.2) is 4.79 Å². The molecule has 0 radical (unpaired) electrons. The van der Waals surface area contributed by atoms with Gasteiger partial charge in [-0.15, -0.1) is 0 Å². The fraction of sp³-hybridized carbons (Fsp3) is 0.167. The summed E-state index contributed by atoms with van der Waals surface area (Å²) in [6, 6.07) is 20.2. The van der Waals surface area contributed by atoms with Gasteiger partial charge in [0.25, 0.3) is 5.91 Å². The normalized spacial score (nSPS) is 10.2. The summed E-state index contributed by atoms with van der Waals surface area (Å²) in [5, 5.41) is 2.79. The summed E-state index contributed by atoms with van der Waals surface area (Å²) in [6.45, 7) is -0.458. The molecule has 0 bridgehead atoms. The number of rotatable bonds is 9. The van der Waals surface area contributed by atoms with Crippen molar-refractivity contribution in [1.29, 1.82) is 0 Å². The minimum Gasteiger partial charge on any atom is -0.496 e. The molecular weight excluding hydrogens is 430 g/mol. The van der Waals surface area contributed by atoms with Crippen molar-refractivity contribution in [3.8, 4) is 17.2 Å². The molecule has 0 fully saturated rings. The summed E-state index contributed by atoms with van der Waals surface area (Å²) in [7, 11) is 4.36. The third-order valence-electron chi connectivity index (χ3n) is 4.39. The van der Waals surface area contributed by atoms with Gasteiger partial charge in [-0.2, -0.15) is 0 Å². The maximum Gasteiger partial charge on any atom is 0.342 e. The molecule has 0 saturated heterocycles. The zero-order chi connectivity index (χ0) is 22.9. The van der Waals surface area contributed by atoms with Gasteiger partial charge < -0.3 is 24.3 Å². The van der Waals surface area contributed by atoms with E-state index in [-0.39, 0.29) is 11.3 Å². The van der Waals surface area contributed by atoms with E-state index < -0.39 is 18.5 Å². The Morgan fingerprint density at radius 2 is 1.44 bits per heavy atom. The molecule has 0 unspecified atom stereocenters.